The third-order valence-corrected chi connectivity index (χ3v) is 3.46. The van der Waals surface area contributed by atoms with Crippen molar-refractivity contribution in [3.8, 4) is 0 Å². The summed E-state index contributed by atoms with van der Waals surface area (Å²) >= 11 is 7.62. The molecule has 3 nitrogen and oxygen atoms in total. The predicted molar refractivity (Wildman–Crippen MR) is 71.8 cm³/mol. The van der Waals surface area contributed by atoms with Crippen LogP contribution in [0.25, 0.3) is 10.2 Å². The molecule has 16 heavy (non-hydrogen) atoms. The number of hydrogen-bond acceptors (Lipinski definition) is 4. The van der Waals surface area contributed by atoms with Gasteiger partial charge in [-0.2, -0.15) is 5.10 Å². The molecule has 0 atom stereocenters. The molecule has 0 aliphatic rings. The van der Waals surface area contributed by atoms with Crippen molar-refractivity contribution in [2.45, 2.75) is 20.8 Å². The number of nitrogens with zero attached hydrogens (tertiary/aromatic N) is 2. The number of anilines is 1. The van der Waals surface area contributed by atoms with E-state index in [1.807, 2.05) is 32.9 Å². The van der Waals surface area contributed by atoms with Crippen LogP contribution in [0.1, 0.15) is 19.4 Å². The monoisotopic (exact) mass is 253 g/mol. The minimum Gasteiger partial charge on any atom is -0.253 e. The maximum Gasteiger partial charge on any atom is 0.204 e. The Labute approximate surface area is 103 Å². The normalized spacial score (nSPS) is 10.5. The van der Waals surface area contributed by atoms with E-state index in [4.69, 9.17) is 11.6 Å². The first kappa shape index (κ1) is 11.4. The van der Waals surface area contributed by atoms with Crippen LogP contribution in [0.4, 0.5) is 5.13 Å². The van der Waals surface area contributed by atoms with E-state index in [0.29, 0.717) is 0 Å². The van der Waals surface area contributed by atoms with Gasteiger partial charge in [0.2, 0.25) is 5.13 Å². The smallest absolute Gasteiger partial charge is 0.204 e. The second-order valence-corrected chi connectivity index (χ2v) is 5.15. The molecule has 0 aliphatic carbocycles. The van der Waals surface area contributed by atoms with Crippen molar-refractivity contribution in [1.82, 2.24) is 4.98 Å². The van der Waals surface area contributed by atoms with Gasteiger partial charge in [0.15, 0.2) is 0 Å². The largest absolute Gasteiger partial charge is 0.253 e. The molecule has 1 aromatic carbocycles. The van der Waals surface area contributed by atoms with E-state index < -0.39 is 0 Å². The van der Waals surface area contributed by atoms with Gasteiger partial charge in [0, 0.05) is 10.7 Å². The molecule has 0 amide bonds. The van der Waals surface area contributed by atoms with Crippen molar-refractivity contribution in [2.24, 2.45) is 5.10 Å². The highest BCUT2D eigenvalue weighted by atomic mass is 35.5. The molecule has 5 heteroatoms. The Kier molecular flexibility index (Phi) is 3.12. The molecule has 2 aromatic rings. The molecule has 2 rings (SSSR count). The minimum absolute atomic E-state index is 0.750. The summed E-state index contributed by atoms with van der Waals surface area (Å²) < 4.78 is 1.12. The van der Waals surface area contributed by atoms with Gasteiger partial charge in [-0.25, -0.2) is 4.98 Å². The van der Waals surface area contributed by atoms with Crippen molar-refractivity contribution in [3.05, 3.63) is 22.7 Å². The van der Waals surface area contributed by atoms with E-state index in [2.05, 4.69) is 15.5 Å². The SMILES string of the molecule is CC(C)=NNc1nc2c(C)c(Cl)ccc2s1. The van der Waals surface area contributed by atoms with Crippen LogP contribution in [0.3, 0.4) is 0 Å². The van der Waals surface area contributed by atoms with Gasteiger partial charge in [-0.05, 0) is 38.5 Å². The lowest BCUT2D eigenvalue weighted by atomic mass is 10.2. The van der Waals surface area contributed by atoms with Crippen molar-refractivity contribution in [2.75, 3.05) is 5.43 Å². The number of rotatable bonds is 2. The third kappa shape index (κ3) is 2.18. The number of fused-ring (bicyclic) bond motifs is 1. The molecule has 1 heterocycles. The first-order valence-electron chi connectivity index (χ1n) is 4.90. The summed E-state index contributed by atoms with van der Waals surface area (Å²) in [6.45, 7) is 5.84. The Morgan fingerprint density at radius 2 is 2.19 bits per heavy atom. The molecule has 1 aromatic heterocycles. The molecule has 1 N–H and O–H groups in total. The molecule has 0 saturated carbocycles. The van der Waals surface area contributed by atoms with Crippen molar-refractivity contribution in [1.29, 1.82) is 0 Å². The van der Waals surface area contributed by atoms with Crippen LogP contribution in [0, 0.1) is 6.92 Å². The number of aromatic nitrogens is 1. The van der Waals surface area contributed by atoms with E-state index in [-0.39, 0.29) is 0 Å². The topological polar surface area (TPSA) is 37.3 Å². The van der Waals surface area contributed by atoms with E-state index in [9.17, 15) is 0 Å². The van der Waals surface area contributed by atoms with Gasteiger partial charge in [0.25, 0.3) is 0 Å². The lowest BCUT2D eigenvalue weighted by Gasteiger charge is -1.96. The first-order chi connectivity index (χ1) is 7.58. The third-order valence-electron chi connectivity index (χ3n) is 2.12. The molecule has 0 fully saturated rings. The second-order valence-electron chi connectivity index (χ2n) is 3.71. The Hall–Kier alpha value is -1.13. The maximum absolute atomic E-state index is 6.04. The fourth-order valence-electron chi connectivity index (χ4n) is 1.31. The van der Waals surface area contributed by atoms with Crippen molar-refractivity contribution < 1.29 is 0 Å². The average Bonchev–Trinajstić information content (AvgIpc) is 2.64. The van der Waals surface area contributed by atoms with Gasteiger partial charge in [-0.15, -0.1) is 0 Å². The van der Waals surface area contributed by atoms with Gasteiger partial charge in [-0.3, -0.25) is 5.43 Å². The van der Waals surface area contributed by atoms with Gasteiger partial charge < -0.3 is 0 Å². The Balaban J connectivity index is 2.44. The standard InChI is InChI=1S/C11H12ClN3S/c1-6(2)14-15-11-13-10-7(3)8(12)4-5-9(10)16-11/h4-5H,1-3H3,(H,13,15). The highest BCUT2D eigenvalue weighted by Crippen LogP contribution is 2.31. The Morgan fingerprint density at radius 3 is 2.88 bits per heavy atom. The predicted octanol–water partition coefficient (Wildman–Crippen LogP) is 4.07. The molecule has 0 bridgehead atoms. The Bertz CT molecular complexity index is 556. The minimum atomic E-state index is 0.750. The molecule has 0 radical (unpaired) electrons. The number of aryl methyl sites for hydroxylation is 1. The van der Waals surface area contributed by atoms with Crippen LogP contribution >= 0.6 is 22.9 Å². The summed E-state index contributed by atoms with van der Waals surface area (Å²) in [6.07, 6.45) is 0. The quantitative estimate of drug-likeness (QED) is 0.647. The zero-order chi connectivity index (χ0) is 11.7. The van der Waals surface area contributed by atoms with Crippen molar-refractivity contribution >= 4 is 44.0 Å². The molecule has 84 valence electrons. The van der Waals surface area contributed by atoms with Gasteiger partial charge in [0.1, 0.15) is 0 Å². The Morgan fingerprint density at radius 1 is 1.44 bits per heavy atom. The van der Waals surface area contributed by atoms with Crippen LogP contribution in [0.5, 0.6) is 0 Å². The molecule has 0 spiro atoms. The van der Waals surface area contributed by atoms with E-state index in [1.165, 1.54) is 0 Å². The molecule has 0 aliphatic heterocycles. The van der Waals surface area contributed by atoms with E-state index in [1.54, 1.807) is 11.3 Å². The second kappa shape index (κ2) is 4.39. The fraction of sp³-hybridized carbons (Fsp3) is 0.273. The summed E-state index contributed by atoms with van der Waals surface area (Å²) in [7, 11) is 0. The zero-order valence-corrected chi connectivity index (χ0v) is 10.9. The van der Waals surface area contributed by atoms with Crippen LogP contribution in [-0.4, -0.2) is 10.7 Å². The molecule has 0 unspecified atom stereocenters. The molecular formula is C11H12ClN3S. The van der Waals surface area contributed by atoms with Gasteiger partial charge in [-0.1, -0.05) is 22.9 Å². The van der Waals surface area contributed by atoms with Gasteiger partial charge >= 0.3 is 0 Å². The maximum atomic E-state index is 6.04. The summed E-state index contributed by atoms with van der Waals surface area (Å²) in [6, 6.07) is 3.88. The van der Waals surface area contributed by atoms with Crippen LogP contribution in [0.15, 0.2) is 17.2 Å². The fourth-order valence-corrected chi connectivity index (χ4v) is 2.33. The summed E-state index contributed by atoms with van der Waals surface area (Å²) in [5.74, 6) is 0. The number of thiazole rings is 1. The van der Waals surface area contributed by atoms with Crippen LogP contribution in [0.2, 0.25) is 5.02 Å². The van der Waals surface area contributed by atoms with Crippen LogP contribution < -0.4 is 5.43 Å². The number of hydrazone groups is 1. The van der Waals surface area contributed by atoms with Crippen LogP contribution in [-0.2, 0) is 0 Å². The summed E-state index contributed by atoms with van der Waals surface area (Å²) in [5.41, 5.74) is 5.86. The molecular weight excluding hydrogens is 242 g/mol. The number of hydrogen-bond donors (Lipinski definition) is 1. The van der Waals surface area contributed by atoms with E-state index >= 15 is 0 Å². The van der Waals surface area contributed by atoms with Gasteiger partial charge in [0.05, 0.1) is 10.2 Å². The molecule has 0 saturated heterocycles. The highest BCUT2D eigenvalue weighted by Gasteiger charge is 2.07. The number of halogens is 1. The lowest BCUT2D eigenvalue weighted by Crippen LogP contribution is -1.91. The average molecular weight is 254 g/mol. The van der Waals surface area contributed by atoms with Crippen molar-refractivity contribution in [3.63, 3.8) is 0 Å². The zero-order valence-electron chi connectivity index (χ0n) is 9.34. The number of benzene rings is 1. The summed E-state index contributed by atoms with van der Waals surface area (Å²) in [4.78, 5) is 4.46. The highest BCUT2D eigenvalue weighted by molar-refractivity contribution is 7.22. The summed E-state index contributed by atoms with van der Waals surface area (Å²) in [5, 5.41) is 5.67. The van der Waals surface area contributed by atoms with E-state index in [0.717, 1.165) is 31.6 Å². The lowest BCUT2D eigenvalue weighted by molar-refractivity contribution is 1.28. The number of nitrogens with one attached hydrogen (secondary N) is 1. The first-order valence-corrected chi connectivity index (χ1v) is 6.10.